The first kappa shape index (κ1) is 31.3. The number of fused-ring (bicyclic) bond motifs is 1. The average Bonchev–Trinajstić information content (AvgIpc) is 3.41. The van der Waals surface area contributed by atoms with Crippen molar-refractivity contribution in [2.45, 2.75) is 32.9 Å². The number of amides is 1. The van der Waals surface area contributed by atoms with Gasteiger partial charge in [-0.05, 0) is 43.7 Å². The largest absolute Gasteiger partial charge is 0.426 e. The van der Waals surface area contributed by atoms with E-state index in [0.29, 0.717) is 17.6 Å². The standard InChI is InChI=1S/C29H27Cl2N5O7/c1-5-35-14-22-24(33-35)26(38)36(29(41)34(22)4)18-11-9-17(10-12-18)13-21(28(40)43-15-42-27(39)16(2)3)32-25(37)23-19(30)7-6-8-20(23)31/h6-12,14,21H,2,5,13,15H2,1,3-4H3,(H,32,37)/t21-/m0/s1. The van der Waals surface area contributed by atoms with Crippen LogP contribution in [0.3, 0.4) is 0 Å². The number of nitrogens with one attached hydrogen (secondary N) is 1. The Balaban J connectivity index is 1.61. The third-order valence-electron chi connectivity index (χ3n) is 6.47. The van der Waals surface area contributed by atoms with Crippen molar-refractivity contribution in [1.29, 1.82) is 0 Å². The lowest BCUT2D eigenvalue weighted by Gasteiger charge is -2.19. The molecule has 1 N–H and O–H groups in total. The third kappa shape index (κ3) is 6.71. The van der Waals surface area contributed by atoms with Gasteiger partial charge < -0.3 is 14.8 Å². The van der Waals surface area contributed by atoms with Crippen LogP contribution in [0.2, 0.25) is 10.0 Å². The summed E-state index contributed by atoms with van der Waals surface area (Å²) in [6, 6.07) is 9.49. The molecular weight excluding hydrogens is 601 g/mol. The van der Waals surface area contributed by atoms with Gasteiger partial charge in [0.25, 0.3) is 11.5 Å². The van der Waals surface area contributed by atoms with Crippen molar-refractivity contribution in [3.63, 3.8) is 0 Å². The highest BCUT2D eigenvalue weighted by molar-refractivity contribution is 6.39. The molecule has 1 atom stereocenters. The van der Waals surface area contributed by atoms with Crippen LogP contribution in [0.1, 0.15) is 29.8 Å². The topological polar surface area (TPSA) is 144 Å². The number of aromatic nitrogens is 4. The molecule has 0 aliphatic carbocycles. The summed E-state index contributed by atoms with van der Waals surface area (Å²) in [5.41, 5.74) is 0.308. The normalized spacial score (nSPS) is 11.7. The molecule has 0 unspecified atom stereocenters. The van der Waals surface area contributed by atoms with E-state index in [1.807, 2.05) is 6.92 Å². The molecule has 0 bridgehead atoms. The fourth-order valence-electron chi connectivity index (χ4n) is 4.16. The minimum absolute atomic E-state index is 0.0381. The van der Waals surface area contributed by atoms with Gasteiger partial charge in [-0.15, -0.1) is 0 Å². The van der Waals surface area contributed by atoms with Gasteiger partial charge in [0.05, 0.1) is 26.8 Å². The van der Waals surface area contributed by atoms with Crippen molar-refractivity contribution < 1.29 is 23.9 Å². The van der Waals surface area contributed by atoms with Crippen LogP contribution in [-0.2, 0) is 39.1 Å². The molecule has 2 aromatic carbocycles. The van der Waals surface area contributed by atoms with E-state index in [2.05, 4.69) is 17.0 Å². The van der Waals surface area contributed by atoms with Gasteiger partial charge >= 0.3 is 17.6 Å². The summed E-state index contributed by atoms with van der Waals surface area (Å²) in [6.07, 6.45) is 1.56. The SMILES string of the molecule is C=C(C)C(=O)OCOC(=O)[C@H](Cc1ccc(-n2c(=O)c3nn(CC)cc3n(C)c2=O)cc1)NC(=O)c1c(Cl)cccc1Cl. The van der Waals surface area contributed by atoms with Crippen LogP contribution in [0.4, 0.5) is 0 Å². The molecule has 2 aromatic heterocycles. The van der Waals surface area contributed by atoms with Crippen molar-refractivity contribution >= 4 is 52.1 Å². The Bertz CT molecular complexity index is 1840. The second-order valence-corrected chi connectivity index (χ2v) is 10.3. The molecule has 0 aliphatic rings. The molecule has 4 rings (SSSR count). The van der Waals surface area contributed by atoms with E-state index in [1.54, 1.807) is 36.1 Å². The summed E-state index contributed by atoms with van der Waals surface area (Å²) in [5.74, 6) is -2.40. The number of hydrogen-bond acceptors (Lipinski definition) is 8. The Hall–Kier alpha value is -4.68. The smallest absolute Gasteiger partial charge is 0.336 e. The summed E-state index contributed by atoms with van der Waals surface area (Å²) in [7, 11) is 1.55. The molecular formula is C29H27Cl2N5O7. The van der Waals surface area contributed by atoms with E-state index in [9.17, 15) is 24.0 Å². The lowest BCUT2D eigenvalue weighted by Crippen LogP contribution is -2.44. The van der Waals surface area contributed by atoms with Crippen molar-refractivity contribution in [2.75, 3.05) is 6.79 Å². The Morgan fingerprint density at radius 3 is 2.30 bits per heavy atom. The van der Waals surface area contributed by atoms with E-state index in [0.717, 1.165) is 4.57 Å². The number of aryl methyl sites for hydroxylation is 2. The first-order valence-electron chi connectivity index (χ1n) is 13.0. The summed E-state index contributed by atoms with van der Waals surface area (Å²) in [5, 5.41) is 6.99. The molecule has 0 spiro atoms. The van der Waals surface area contributed by atoms with Gasteiger partial charge in [-0.1, -0.05) is 48.0 Å². The van der Waals surface area contributed by atoms with Crippen molar-refractivity contribution in [3.8, 4) is 5.69 Å². The third-order valence-corrected chi connectivity index (χ3v) is 7.10. The fraction of sp³-hybridized carbons (Fsp3) is 0.241. The quantitative estimate of drug-likeness (QED) is 0.160. The Morgan fingerprint density at radius 1 is 1.05 bits per heavy atom. The van der Waals surface area contributed by atoms with Gasteiger partial charge in [0.15, 0.2) is 5.52 Å². The van der Waals surface area contributed by atoms with Crippen LogP contribution in [0, 0.1) is 0 Å². The second-order valence-electron chi connectivity index (χ2n) is 9.49. The van der Waals surface area contributed by atoms with Crippen LogP contribution < -0.4 is 16.6 Å². The van der Waals surface area contributed by atoms with E-state index in [-0.39, 0.29) is 38.8 Å². The number of carbonyl (C=O) groups is 3. The first-order valence-corrected chi connectivity index (χ1v) is 13.7. The molecule has 1 amide bonds. The molecule has 0 radical (unpaired) electrons. The van der Waals surface area contributed by atoms with Gasteiger partial charge in [0.1, 0.15) is 6.04 Å². The highest BCUT2D eigenvalue weighted by Gasteiger charge is 2.26. The molecule has 0 aliphatic heterocycles. The van der Waals surface area contributed by atoms with Crippen molar-refractivity contribution in [3.05, 3.63) is 103 Å². The predicted molar refractivity (Wildman–Crippen MR) is 160 cm³/mol. The number of nitrogens with zero attached hydrogens (tertiary/aromatic N) is 4. The Labute approximate surface area is 255 Å². The number of ether oxygens (including phenoxy) is 2. The van der Waals surface area contributed by atoms with Crippen molar-refractivity contribution in [1.82, 2.24) is 24.2 Å². The molecule has 12 nitrogen and oxygen atoms in total. The fourth-order valence-corrected chi connectivity index (χ4v) is 4.73. The van der Waals surface area contributed by atoms with Gasteiger partial charge in [0, 0.05) is 31.8 Å². The van der Waals surface area contributed by atoms with E-state index >= 15 is 0 Å². The number of halogens is 2. The van der Waals surface area contributed by atoms with Gasteiger partial charge in [-0.25, -0.2) is 19.0 Å². The van der Waals surface area contributed by atoms with Crippen LogP contribution >= 0.6 is 23.2 Å². The van der Waals surface area contributed by atoms with Crippen LogP contribution in [-0.4, -0.2) is 49.6 Å². The molecule has 14 heteroatoms. The maximum Gasteiger partial charge on any atom is 0.336 e. The highest BCUT2D eigenvalue weighted by atomic mass is 35.5. The zero-order valence-corrected chi connectivity index (χ0v) is 24.9. The first-order chi connectivity index (χ1) is 20.4. The van der Waals surface area contributed by atoms with Crippen LogP contribution in [0.25, 0.3) is 16.7 Å². The minimum Gasteiger partial charge on any atom is -0.426 e. The number of rotatable bonds is 10. The van der Waals surface area contributed by atoms with Gasteiger partial charge in [-0.2, -0.15) is 5.10 Å². The van der Waals surface area contributed by atoms with Crippen LogP contribution in [0.5, 0.6) is 0 Å². The van der Waals surface area contributed by atoms with E-state index < -0.39 is 41.9 Å². The predicted octanol–water partition coefficient (Wildman–Crippen LogP) is 3.17. The summed E-state index contributed by atoms with van der Waals surface area (Å²) in [4.78, 5) is 64.0. The van der Waals surface area contributed by atoms with Gasteiger partial charge in [0.2, 0.25) is 6.79 Å². The monoisotopic (exact) mass is 627 g/mol. The zero-order chi connectivity index (χ0) is 31.4. The maximum atomic E-state index is 13.2. The van der Waals surface area contributed by atoms with Gasteiger partial charge in [-0.3, -0.25) is 18.8 Å². The second kappa shape index (κ2) is 13.1. The number of esters is 2. The number of carbonyl (C=O) groups excluding carboxylic acids is 3. The maximum absolute atomic E-state index is 13.2. The molecule has 0 fully saturated rings. The number of benzene rings is 2. The Morgan fingerprint density at radius 2 is 1.70 bits per heavy atom. The van der Waals surface area contributed by atoms with E-state index in [4.69, 9.17) is 32.7 Å². The lowest BCUT2D eigenvalue weighted by molar-refractivity contribution is -0.166. The number of hydrogen-bond donors (Lipinski definition) is 1. The molecule has 4 aromatic rings. The summed E-state index contributed by atoms with van der Waals surface area (Å²) >= 11 is 12.3. The molecule has 2 heterocycles. The zero-order valence-electron chi connectivity index (χ0n) is 23.4. The average molecular weight is 628 g/mol. The van der Waals surface area contributed by atoms with Crippen molar-refractivity contribution in [2.24, 2.45) is 7.05 Å². The molecule has 43 heavy (non-hydrogen) atoms. The minimum atomic E-state index is -1.26. The van der Waals surface area contributed by atoms with Crippen LogP contribution in [0.15, 0.2) is 70.4 Å². The molecule has 0 saturated heterocycles. The summed E-state index contributed by atoms with van der Waals surface area (Å²) in [6.45, 7) is 6.57. The molecule has 0 saturated carbocycles. The molecule has 224 valence electrons. The Kier molecular flexibility index (Phi) is 9.52. The van der Waals surface area contributed by atoms with E-state index in [1.165, 1.54) is 35.8 Å². The lowest BCUT2D eigenvalue weighted by atomic mass is 10.0. The summed E-state index contributed by atoms with van der Waals surface area (Å²) < 4.78 is 13.8. The highest BCUT2D eigenvalue weighted by Crippen LogP contribution is 2.24.